The van der Waals surface area contributed by atoms with Gasteiger partial charge in [0, 0.05) is 16.1 Å². The standard InChI is InChI=1S/C23H18ClNO4/c1-15(21(26)16-7-3-2-4-8-16)29-23(28)19-9-5-6-10-20(19)25-22(27)17-11-13-18(24)14-12-17/h2-15H,1H3,(H,25,27)/t15-/m0/s1. The molecule has 0 aromatic heterocycles. The third kappa shape index (κ3) is 5.09. The van der Waals surface area contributed by atoms with E-state index in [0.717, 1.165) is 0 Å². The first-order valence-corrected chi connectivity index (χ1v) is 9.29. The van der Waals surface area contributed by atoms with E-state index in [9.17, 15) is 14.4 Å². The van der Waals surface area contributed by atoms with Crippen LogP contribution in [0.5, 0.6) is 0 Å². The summed E-state index contributed by atoms with van der Waals surface area (Å²) in [6, 6.07) is 21.4. The summed E-state index contributed by atoms with van der Waals surface area (Å²) >= 11 is 5.84. The Morgan fingerprint density at radius 1 is 0.828 bits per heavy atom. The number of rotatable bonds is 6. The Balaban J connectivity index is 1.74. The van der Waals surface area contributed by atoms with Gasteiger partial charge in [0.1, 0.15) is 0 Å². The molecule has 3 rings (SSSR count). The smallest absolute Gasteiger partial charge is 0.340 e. The van der Waals surface area contributed by atoms with Crippen LogP contribution in [0.3, 0.4) is 0 Å². The Morgan fingerprint density at radius 3 is 2.14 bits per heavy atom. The molecule has 3 aromatic carbocycles. The molecule has 5 nitrogen and oxygen atoms in total. The maximum Gasteiger partial charge on any atom is 0.340 e. The van der Waals surface area contributed by atoms with Crippen LogP contribution in [0.25, 0.3) is 0 Å². The molecule has 1 amide bonds. The minimum atomic E-state index is -0.968. The number of amides is 1. The molecular weight excluding hydrogens is 390 g/mol. The molecule has 1 atom stereocenters. The molecule has 1 N–H and O–H groups in total. The average molecular weight is 408 g/mol. The number of hydrogen-bond acceptors (Lipinski definition) is 4. The van der Waals surface area contributed by atoms with E-state index >= 15 is 0 Å². The van der Waals surface area contributed by atoms with Crippen molar-refractivity contribution in [3.05, 3.63) is 101 Å². The fraction of sp³-hybridized carbons (Fsp3) is 0.0870. The van der Waals surface area contributed by atoms with Crippen molar-refractivity contribution in [2.24, 2.45) is 0 Å². The lowest BCUT2D eigenvalue weighted by Gasteiger charge is -2.15. The zero-order valence-corrected chi connectivity index (χ0v) is 16.3. The van der Waals surface area contributed by atoms with Gasteiger partial charge in [0.2, 0.25) is 5.78 Å². The summed E-state index contributed by atoms with van der Waals surface area (Å²) in [6.07, 6.45) is -0.968. The Hall–Kier alpha value is -3.44. The van der Waals surface area contributed by atoms with Crippen LogP contribution in [-0.4, -0.2) is 23.8 Å². The van der Waals surface area contributed by atoms with Crippen molar-refractivity contribution in [2.45, 2.75) is 13.0 Å². The van der Waals surface area contributed by atoms with E-state index in [1.807, 2.05) is 0 Å². The monoisotopic (exact) mass is 407 g/mol. The van der Waals surface area contributed by atoms with Gasteiger partial charge in [0.05, 0.1) is 11.3 Å². The second-order valence-corrected chi connectivity index (χ2v) is 6.72. The van der Waals surface area contributed by atoms with Crippen LogP contribution in [0.1, 0.15) is 38.0 Å². The summed E-state index contributed by atoms with van der Waals surface area (Å²) < 4.78 is 5.34. The molecule has 0 unspecified atom stereocenters. The summed E-state index contributed by atoms with van der Waals surface area (Å²) in [5.74, 6) is -1.40. The maximum absolute atomic E-state index is 12.6. The Bertz CT molecular complexity index is 1030. The third-order valence-electron chi connectivity index (χ3n) is 4.21. The number of anilines is 1. The van der Waals surface area contributed by atoms with Crippen LogP contribution < -0.4 is 5.32 Å². The number of benzene rings is 3. The van der Waals surface area contributed by atoms with E-state index in [2.05, 4.69) is 5.32 Å². The van der Waals surface area contributed by atoms with Crippen molar-refractivity contribution in [3.8, 4) is 0 Å². The lowest BCUT2D eigenvalue weighted by molar-refractivity contribution is 0.0320. The fourth-order valence-corrected chi connectivity index (χ4v) is 2.81. The van der Waals surface area contributed by atoms with Gasteiger partial charge < -0.3 is 10.1 Å². The molecule has 6 heteroatoms. The van der Waals surface area contributed by atoms with Crippen LogP contribution >= 0.6 is 11.6 Å². The van der Waals surface area contributed by atoms with E-state index in [1.165, 1.54) is 13.0 Å². The normalized spacial score (nSPS) is 11.4. The van der Waals surface area contributed by atoms with Crippen LogP contribution in [0.15, 0.2) is 78.9 Å². The second-order valence-electron chi connectivity index (χ2n) is 6.28. The molecule has 0 saturated heterocycles. The number of carbonyl (C=O) groups is 3. The van der Waals surface area contributed by atoms with Crippen LogP contribution in [0.4, 0.5) is 5.69 Å². The molecule has 0 spiro atoms. The van der Waals surface area contributed by atoms with Gasteiger partial charge in [0.15, 0.2) is 6.10 Å². The first-order chi connectivity index (χ1) is 14.0. The third-order valence-corrected chi connectivity index (χ3v) is 4.46. The summed E-state index contributed by atoms with van der Waals surface area (Å²) in [5.41, 5.74) is 1.29. The highest BCUT2D eigenvalue weighted by Crippen LogP contribution is 2.19. The molecule has 3 aromatic rings. The van der Waals surface area contributed by atoms with Crippen molar-refractivity contribution >= 4 is 34.9 Å². The predicted octanol–water partition coefficient (Wildman–Crippen LogP) is 5.02. The highest BCUT2D eigenvalue weighted by Gasteiger charge is 2.22. The number of carbonyl (C=O) groups excluding carboxylic acids is 3. The second kappa shape index (κ2) is 9.17. The van der Waals surface area contributed by atoms with Crippen molar-refractivity contribution in [1.82, 2.24) is 0 Å². The summed E-state index contributed by atoms with van der Waals surface area (Å²) in [5, 5.41) is 3.21. The molecule has 0 aliphatic heterocycles. The fourth-order valence-electron chi connectivity index (χ4n) is 2.68. The van der Waals surface area contributed by atoms with Gasteiger partial charge in [-0.3, -0.25) is 9.59 Å². The van der Waals surface area contributed by atoms with Gasteiger partial charge >= 0.3 is 5.97 Å². The van der Waals surface area contributed by atoms with E-state index in [-0.39, 0.29) is 17.0 Å². The molecule has 0 aliphatic carbocycles. The minimum absolute atomic E-state index is 0.155. The van der Waals surface area contributed by atoms with Crippen molar-refractivity contribution in [1.29, 1.82) is 0 Å². The van der Waals surface area contributed by atoms with Gasteiger partial charge in [0.25, 0.3) is 5.91 Å². The number of nitrogens with one attached hydrogen (secondary N) is 1. The van der Waals surface area contributed by atoms with Gasteiger partial charge in [-0.1, -0.05) is 54.1 Å². The average Bonchev–Trinajstić information content (AvgIpc) is 2.74. The van der Waals surface area contributed by atoms with Crippen molar-refractivity contribution in [2.75, 3.05) is 5.32 Å². The van der Waals surface area contributed by atoms with Gasteiger partial charge in [-0.05, 0) is 43.3 Å². The SMILES string of the molecule is C[C@H](OC(=O)c1ccccc1NC(=O)c1ccc(Cl)cc1)C(=O)c1ccccc1. The lowest BCUT2D eigenvalue weighted by Crippen LogP contribution is -2.25. The minimum Gasteiger partial charge on any atom is -0.451 e. The zero-order chi connectivity index (χ0) is 20.8. The lowest BCUT2D eigenvalue weighted by atomic mass is 10.1. The van der Waals surface area contributed by atoms with Crippen LogP contribution in [0, 0.1) is 0 Å². The highest BCUT2D eigenvalue weighted by atomic mass is 35.5. The zero-order valence-electron chi connectivity index (χ0n) is 15.6. The molecule has 0 saturated carbocycles. The molecule has 0 aliphatic rings. The quantitative estimate of drug-likeness (QED) is 0.460. The van der Waals surface area contributed by atoms with Crippen LogP contribution in [-0.2, 0) is 4.74 Å². The number of para-hydroxylation sites is 1. The molecular formula is C23H18ClNO4. The number of ketones is 1. The molecule has 0 heterocycles. The number of ether oxygens (including phenoxy) is 1. The Morgan fingerprint density at radius 2 is 1.45 bits per heavy atom. The van der Waals surface area contributed by atoms with Crippen LogP contribution in [0.2, 0.25) is 5.02 Å². The van der Waals surface area contributed by atoms with E-state index in [1.54, 1.807) is 72.8 Å². The van der Waals surface area contributed by atoms with E-state index in [4.69, 9.17) is 16.3 Å². The van der Waals surface area contributed by atoms with E-state index < -0.39 is 18.0 Å². The highest BCUT2D eigenvalue weighted by molar-refractivity contribution is 6.30. The number of halogens is 1. The summed E-state index contributed by atoms with van der Waals surface area (Å²) in [6.45, 7) is 1.52. The van der Waals surface area contributed by atoms with Gasteiger partial charge in [-0.2, -0.15) is 0 Å². The van der Waals surface area contributed by atoms with Crippen molar-refractivity contribution in [3.63, 3.8) is 0 Å². The predicted molar refractivity (Wildman–Crippen MR) is 111 cm³/mol. The topological polar surface area (TPSA) is 72.5 Å². The van der Waals surface area contributed by atoms with Crippen molar-refractivity contribution < 1.29 is 19.1 Å². The molecule has 0 radical (unpaired) electrons. The Kier molecular flexibility index (Phi) is 6.42. The summed E-state index contributed by atoms with van der Waals surface area (Å²) in [4.78, 5) is 37.5. The van der Waals surface area contributed by atoms with Gasteiger partial charge in [-0.25, -0.2) is 4.79 Å². The Labute approximate surface area is 173 Å². The number of esters is 1. The van der Waals surface area contributed by atoms with E-state index in [0.29, 0.717) is 16.1 Å². The largest absolute Gasteiger partial charge is 0.451 e. The maximum atomic E-state index is 12.6. The molecule has 29 heavy (non-hydrogen) atoms. The first-order valence-electron chi connectivity index (χ1n) is 8.92. The summed E-state index contributed by atoms with van der Waals surface area (Å²) in [7, 11) is 0. The van der Waals surface area contributed by atoms with Gasteiger partial charge in [-0.15, -0.1) is 0 Å². The molecule has 146 valence electrons. The molecule has 0 fully saturated rings. The number of hydrogen-bond donors (Lipinski definition) is 1. The molecule has 0 bridgehead atoms. The number of Topliss-reactive ketones (excluding diaryl/α,β-unsaturated/α-hetero) is 1. The first kappa shape index (κ1) is 20.3.